The minimum Gasteiger partial charge on any atom is -0.353 e. The molecule has 1 aromatic heterocycles. The summed E-state index contributed by atoms with van der Waals surface area (Å²) in [6.45, 7) is 4.11. The van der Waals surface area contributed by atoms with Crippen LogP contribution >= 0.6 is 0 Å². The van der Waals surface area contributed by atoms with Gasteiger partial charge in [-0.1, -0.05) is 60.7 Å². The van der Waals surface area contributed by atoms with Crippen LogP contribution in [0.2, 0.25) is 0 Å². The Morgan fingerprint density at radius 1 is 0.769 bits per heavy atom. The van der Waals surface area contributed by atoms with Crippen molar-refractivity contribution in [1.29, 1.82) is 0 Å². The van der Waals surface area contributed by atoms with Gasteiger partial charge >= 0.3 is 0 Å². The molecule has 3 nitrogen and oxygen atoms in total. The monoisotopic (exact) mass is 345 g/mol. The first-order chi connectivity index (χ1) is 12.7. The molecule has 0 amide bonds. The number of aromatic nitrogens is 1. The fourth-order valence-corrected chi connectivity index (χ4v) is 4.25. The van der Waals surface area contributed by atoms with Crippen LogP contribution in [0.25, 0.3) is 0 Å². The van der Waals surface area contributed by atoms with E-state index in [0.717, 1.165) is 26.2 Å². The molecule has 0 atom stereocenters. The fourth-order valence-electron chi connectivity index (χ4n) is 4.25. The molecule has 1 aliphatic heterocycles. The molecular weight excluding hydrogens is 318 g/mol. The first kappa shape index (κ1) is 17.1. The number of benzene rings is 2. The van der Waals surface area contributed by atoms with Gasteiger partial charge < -0.3 is 4.57 Å². The molecule has 134 valence electrons. The highest BCUT2D eigenvalue weighted by atomic mass is 15.3. The predicted octanol–water partition coefficient (Wildman–Crippen LogP) is 3.72. The van der Waals surface area contributed by atoms with Gasteiger partial charge in [0.1, 0.15) is 0 Å². The van der Waals surface area contributed by atoms with Gasteiger partial charge in [-0.05, 0) is 30.3 Å². The van der Waals surface area contributed by atoms with Crippen LogP contribution in [0, 0.1) is 0 Å². The molecule has 0 aliphatic carbocycles. The van der Waals surface area contributed by atoms with Crippen molar-refractivity contribution < 1.29 is 0 Å². The van der Waals surface area contributed by atoms with Gasteiger partial charge in [-0.25, -0.2) is 0 Å². The Bertz CT molecular complexity index is 799. The molecule has 26 heavy (non-hydrogen) atoms. The number of nitrogens with zero attached hydrogens (tertiary/aromatic N) is 3. The maximum Gasteiger partial charge on any atom is 0.0842 e. The van der Waals surface area contributed by atoms with E-state index in [1.54, 1.807) is 0 Å². The van der Waals surface area contributed by atoms with Gasteiger partial charge in [-0.3, -0.25) is 9.80 Å². The first-order valence-corrected chi connectivity index (χ1v) is 9.35. The second-order valence-electron chi connectivity index (χ2n) is 7.33. The normalized spacial score (nSPS) is 18.1. The van der Waals surface area contributed by atoms with Crippen LogP contribution in [0.1, 0.15) is 16.8 Å². The van der Waals surface area contributed by atoms with Crippen LogP contribution in [0.5, 0.6) is 0 Å². The standard InChI is InChI=1S/C23H27N3/c1-24-15-9-14-22(24)18-26-17-16-25(2)23(19-26,20-10-5-3-6-11-20)21-12-7-4-8-13-21/h3-15H,16-19H2,1-2H3. The van der Waals surface area contributed by atoms with Gasteiger partial charge in [0.25, 0.3) is 0 Å². The van der Waals surface area contributed by atoms with E-state index in [1.165, 1.54) is 16.8 Å². The van der Waals surface area contributed by atoms with E-state index in [9.17, 15) is 0 Å². The summed E-state index contributed by atoms with van der Waals surface area (Å²) in [5.41, 5.74) is 3.98. The molecule has 3 aromatic rings. The Morgan fingerprint density at radius 3 is 1.92 bits per heavy atom. The van der Waals surface area contributed by atoms with E-state index in [1.807, 2.05) is 0 Å². The molecule has 1 saturated heterocycles. The number of piperazine rings is 1. The maximum atomic E-state index is 2.59. The highest BCUT2D eigenvalue weighted by Gasteiger charge is 2.42. The van der Waals surface area contributed by atoms with Crippen LogP contribution in [-0.4, -0.2) is 41.0 Å². The summed E-state index contributed by atoms with van der Waals surface area (Å²) in [6.07, 6.45) is 2.13. The Labute approximate surface area is 156 Å². The average molecular weight is 345 g/mol. The second kappa shape index (κ2) is 7.10. The van der Waals surface area contributed by atoms with Gasteiger partial charge in [0.05, 0.1) is 5.54 Å². The summed E-state index contributed by atoms with van der Waals surface area (Å²) in [5, 5.41) is 0. The summed E-state index contributed by atoms with van der Waals surface area (Å²) >= 11 is 0. The quantitative estimate of drug-likeness (QED) is 0.714. The lowest BCUT2D eigenvalue weighted by Crippen LogP contribution is -2.59. The van der Waals surface area contributed by atoms with E-state index in [-0.39, 0.29) is 5.54 Å². The van der Waals surface area contributed by atoms with E-state index in [4.69, 9.17) is 0 Å². The van der Waals surface area contributed by atoms with Gasteiger partial charge in [-0.15, -0.1) is 0 Å². The number of hydrogen-bond acceptors (Lipinski definition) is 2. The van der Waals surface area contributed by atoms with Crippen molar-refractivity contribution in [2.45, 2.75) is 12.1 Å². The molecule has 0 unspecified atom stereocenters. The van der Waals surface area contributed by atoms with Gasteiger partial charge in [0, 0.05) is 45.1 Å². The van der Waals surface area contributed by atoms with E-state index in [2.05, 4.69) is 107 Å². The molecule has 3 heteroatoms. The molecule has 0 spiro atoms. The van der Waals surface area contributed by atoms with Crippen LogP contribution in [0.3, 0.4) is 0 Å². The van der Waals surface area contributed by atoms with Crippen molar-refractivity contribution in [1.82, 2.24) is 14.4 Å². The van der Waals surface area contributed by atoms with Crippen molar-refractivity contribution in [2.24, 2.45) is 7.05 Å². The Morgan fingerprint density at radius 2 is 1.38 bits per heavy atom. The van der Waals surface area contributed by atoms with Crippen LogP contribution in [0.4, 0.5) is 0 Å². The molecular formula is C23H27N3. The average Bonchev–Trinajstić information content (AvgIpc) is 3.09. The minimum absolute atomic E-state index is 0.119. The fraction of sp³-hybridized carbons (Fsp3) is 0.304. The zero-order valence-electron chi connectivity index (χ0n) is 15.7. The van der Waals surface area contributed by atoms with E-state index in [0.29, 0.717) is 0 Å². The Kier molecular flexibility index (Phi) is 4.66. The molecule has 1 fully saturated rings. The minimum atomic E-state index is -0.119. The molecule has 2 aromatic carbocycles. The maximum absolute atomic E-state index is 2.59. The molecule has 0 bridgehead atoms. The molecule has 0 saturated carbocycles. The SMILES string of the molecule is CN1CCN(Cc2cccn2C)CC1(c1ccccc1)c1ccccc1. The summed E-state index contributed by atoms with van der Waals surface area (Å²) in [5.74, 6) is 0. The Balaban J connectivity index is 1.75. The lowest BCUT2D eigenvalue weighted by atomic mass is 9.79. The zero-order valence-corrected chi connectivity index (χ0v) is 15.7. The summed E-state index contributed by atoms with van der Waals surface area (Å²) in [6, 6.07) is 26.3. The highest BCUT2D eigenvalue weighted by Crippen LogP contribution is 2.38. The van der Waals surface area contributed by atoms with E-state index < -0.39 is 0 Å². The third kappa shape index (κ3) is 2.98. The number of rotatable bonds is 4. The summed E-state index contributed by atoms with van der Waals surface area (Å²) < 4.78 is 2.23. The third-order valence-corrected chi connectivity index (χ3v) is 5.80. The first-order valence-electron chi connectivity index (χ1n) is 9.35. The van der Waals surface area contributed by atoms with Crippen LogP contribution in [-0.2, 0) is 19.1 Å². The molecule has 0 N–H and O–H groups in total. The zero-order chi connectivity index (χ0) is 18.0. The van der Waals surface area contributed by atoms with Crippen molar-refractivity contribution >= 4 is 0 Å². The predicted molar refractivity (Wildman–Crippen MR) is 107 cm³/mol. The third-order valence-electron chi connectivity index (χ3n) is 5.80. The summed E-state index contributed by atoms with van der Waals surface area (Å²) in [7, 11) is 4.40. The number of likely N-dealkylation sites (N-methyl/N-ethyl adjacent to an activating group) is 1. The van der Waals surface area contributed by atoms with Crippen molar-refractivity contribution in [2.75, 3.05) is 26.7 Å². The molecule has 1 aliphatic rings. The van der Waals surface area contributed by atoms with Crippen molar-refractivity contribution in [3.8, 4) is 0 Å². The van der Waals surface area contributed by atoms with Crippen LogP contribution in [0.15, 0.2) is 79.0 Å². The summed E-state index contributed by atoms with van der Waals surface area (Å²) in [4.78, 5) is 5.12. The lowest BCUT2D eigenvalue weighted by Gasteiger charge is -2.50. The smallest absolute Gasteiger partial charge is 0.0842 e. The van der Waals surface area contributed by atoms with Crippen LogP contribution < -0.4 is 0 Å². The van der Waals surface area contributed by atoms with Crippen molar-refractivity contribution in [3.05, 3.63) is 95.8 Å². The lowest BCUT2D eigenvalue weighted by molar-refractivity contribution is 0.0345. The van der Waals surface area contributed by atoms with Gasteiger partial charge in [-0.2, -0.15) is 0 Å². The topological polar surface area (TPSA) is 11.4 Å². The van der Waals surface area contributed by atoms with Crippen molar-refractivity contribution in [3.63, 3.8) is 0 Å². The van der Waals surface area contributed by atoms with E-state index >= 15 is 0 Å². The molecule has 4 rings (SSSR count). The van der Waals surface area contributed by atoms with Gasteiger partial charge in [0.2, 0.25) is 0 Å². The van der Waals surface area contributed by atoms with Gasteiger partial charge in [0.15, 0.2) is 0 Å². The largest absolute Gasteiger partial charge is 0.353 e. The highest BCUT2D eigenvalue weighted by molar-refractivity contribution is 5.40. The molecule has 0 radical (unpaired) electrons. The molecule has 2 heterocycles. The number of hydrogen-bond donors (Lipinski definition) is 0. The second-order valence-corrected chi connectivity index (χ2v) is 7.33. The Hall–Kier alpha value is -2.36. The number of aryl methyl sites for hydroxylation is 1.